The molecule has 2 N–H and O–H groups in total. The Morgan fingerprint density at radius 3 is 2.41 bits per heavy atom. The number of benzene rings is 2. The first-order chi connectivity index (χ1) is 16.0. The largest absolute Gasteiger partial charge is 0.418 e. The lowest BCUT2D eigenvalue weighted by atomic mass is 10.1. The zero-order valence-corrected chi connectivity index (χ0v) is 18.8. The summed E-state index contributed by atoms with van der Waals surface area (Å²) in [5, 5.41) is 9.78. The molecule has 0 aliphatic rings. The van der Waals surface area contributed by atoms with Crippen LogP contribution in [-0.2, 0) is 17.5 Å². The third-order valence-corrected chi connectivity index (χ3v) is 6.12. The Kier molecular flexibility index (Phi) is 6.13. The minimum atomic E-state index is -4.75. The monoisotopic (exact) mass is 490 g/mol. The van der Waals surface area contributed by atoms with Crippen molar-refractivity contribution in [1.82, 2.24) is 9.78 Å². The van der Waals surface area contributed by atoms with Crippen LogP contribution in [0.4, 0.5) is 28.9 Å². The molecule has 2 aromatic heterocycles. The van der Waals surface area contributed by atoms with Crippen molar-refractivity contribution in [3.05, 3.63) is 76.0 Å². The van der Waals surface area contributed by atoms with Gasteiger partial charge >= 0.3 is 6.18 Å². The van der Waals surface area contributed by atoms with Crippen molar-refractivity contribution in [3.63, 3.8) is 0 Å². The summed E-state index contributed by atoms with van der Waals surface area (Å²) in [6.45, 7) is 3.29. The smallest absolute Gasteiger partial charge is 0.326 e. The maximum atomic E-state index is 13.6. The van der Waals surface area contributed by atoms with Crippen LogP contribution in [0.2, 0.25) is 0 Å². The van der Waals surface area contributed by atoms with Crippen LogP contribution in [0.15, 0.2) is 48.5 Å². The number of halogens is 4. The number of hydrogen-bond acceptors (Lipinski definition) is 4. The summed E-state index contributed by atoms with van der Waals surface area (Å²) in [7, 11) is 0. The van der Waals surface area contributed by atoms with Gasteiger partial charge in [-0.15, -0.1) is 11.3 Å². The predicted octanol–water partition coefficient (Wildman–Crippen LogP) is 5.82. The highest BCUT2D eigenvalue weighted by Crippen LogP contribution is 2.37. The van der Waals surface area contributed by atoms with Gasteiger partial charge in [-0.2, -0.15) is 18.3 Å². The number of aromatic nitrogens is 2. The van der Waals surface area contributed by atoms with Crippen molar-refractivity contribution in [1.29, 1.82) is 0 Å². The lowest BCUT2D eigenvalue weighted by Gasteiger charge is -2.15. The second-order valence-corrected chi connectivity index (χ2v) is 8.62. The van der Waals surface area contributed by atoms with E-state index >= 15 is 0 Å². The first-order valence-electron chi connectivity index (χ1n) is 10.0. The molecule has 0 spiro atoms. The van der Waals surface area contributed by atoms with Crippen LogP contribution in [0, 0.1) is 12.7 Å². The SMILES string of the molecule is CC(=O)Nc1ccc(NC(=O)c2cc3c(C)nn(Cc4ccc(F)cc4)c3s2)c(C(F)(F)F)c1. The van der Waals surface area contributed by atoms with Crippen LogP contribution in [-0.4, -0.2) is 21.6 Å². The van der Waals surface area contributed by atoms with Crippen LogP contribution in [0.3, 0.4) is 0 Å². The Morgan fingerprint density at radius 1 is 1.06 bits per heavy atom. The molecule has 0 aliphatic carbocycles. The Balaban J connectivity index is 1.62. The van der Waals surface area contributed by atoms with E-state index in [0.717, 1.165) is 29.0 Å². The van der Waals surface area contributed by atoms with E-state index in [0.29, 0.717) is 22.5 Å². The van der Waals surface area contributed by atoms with Crippen LogP contribution in [0.1, 0.15) is 33.4 Å². The maximum Gasteiger partial charge on any atom is 0.418 e. The molecule has 0 unspecified atom stereocenters. The Labute approximate surface area is 195 Å². The number of alkyl halides is 3. The molecule has 0 bridgehead atoms. The number of anilines is 2. The molecule has 4 aromatic rings. The Bertz CT molecular complexity index is 1390. The molecule has 0 atom stereocenters. The summed E-state index contributed by atoms with van der Waals surface area (Å²) in [6, 6.07) is 10.7. The molecule has 34 heavy (non-hydrogen) atoms. The number of nitrogens with zero attached hydrogens (tertiary/aromatic N) is 2. The van der Waals surface area contributed by atoms with E-state index in [1.54, 1.807) is 29.8 Å². The predicted molar refractivity (Wildman–Crippen MR) is 122 cm³/mol. The zero-order valence-electron chi connectivity index (χ0n) is 18.0. The Morgan fingerprint density at radius 2 is 1.76 bits per heavy atom. The molecule has 0 radical (unpaired) electrons. The summed E-state index contributed by atoms with van der Waals surface area (Å²) >= 11 is 1.10. The number of hydrogen-bond donors (Lipinski definition) is 2. The molecule has 2 aromatic carbocycles. The fourth-order valence-corrected chi connectivity index (χ4v) is 4.50. The minimum absolute atomic E-state index is 0.0313. The van der Waals surface area contributed by atoms with Crippen molar-refractivity contribution in [2.75, 3.05) is 10.6 Å². The Hall–Kier alpha value is -3.73. The molecule has 0 saturated carbocycles. The third kappa shape index (κ3) is 4.93. The van der Waals surface area contributed by atoms with E-state index < -0.39 is 29.2 Å². The average molecular weight is 490 g/mol. The third-order valence-electron chi connectivity index (χ3n) is 4.97. The fraction of sp³-hybridized carbons (Fsp3) is 0.174. The quantitative estimate of drug-likeness (QED) is 0.346. The lowest BCUT2D eigenvalue weighted by Crippen LogP contribution is -2.17. The zero-order chi connectivity index (χ0) is 24.6. The van der Waals surface area contributed by atoms with E-state index in [1.165, 1.54) is 25.1 Å². The highest BCUT2D eigenvalue weighted by Gasteiger charge is 2.34. The van der Waals surface area contributed by atoms with Crippen molar-refractivity contribution < 1.29 is 27.2 Å². The second kappa shape index (κ2) is 8.90. The summed E-state index contributed by atoms with van der Waals surface area (Å²) in [6.07, 6.45) is -4.75. The summed E-state index contributed by atoms with van der Waals surface area (Å²) in [4.78, 5) is 24.9. The number of carbonyl (C=O) groups excluding carboxylic acids is 2. The van der Waals surface area contributed by atoms with Crippen molar-refractivity contribution >= 4 is 44.7 Å². The standard InChI is InChI=1S/C23H18F4N4O2S/c1-12-17-10-20(34-22(17)31(30-12)11-14-3-5-15(24)6-4-14)21(33)29-19-8-7-16(28-13(2)32)9-18(19)23(25,26)27/h3-10H,11H2,1-2H3,(H,28,32)(H,29,33). The molecular weight excluding hydrogens is 472 g/mol. The molecule has 11 heteroatoms. The first-order valence-corrected chi connectivity index (χ1v) is 10.8. The van der Waals surface area contributed by atoms with E-state index in [4.69, 9.17) is 0 Å². The minimum Gasteiger partial charge on any atom is -0.326 e. The molecule has 0 aliphatic heterocycles. The van der Waals surface area contributed by atoms with Gasteiger partial charge in [-0.1, -0.05) is 12.1 Å². The van der Waals surface area contributed by atoms with Crippen LogP contribution < -0.4 is 10.6 Å². The second-order valence-electron chi connectivity index (χ2n) is 7.59. The highest BCUT2D eigenvalue weighted by atomic mass is 32.1. The van der Waals surface area contributed by atoms with E-state index in [2.05, 4.69) is 15.7 Å². The van der Waals surface area contributed by atoms with Crippen LogP contribution >= 0.6 is 11.3 Å². The van der Waals surface area contributed by atoms with Gasteiger partial charge < -0.3 is 10.6 Å². The van der Waals surface area contributed by atoms with Gasteiger partial charge in [0.15, 0.2) is 0 Å². The van der Waals surface area contributed by atoms with Crippen molar-refractivity contribution in [2.45, 2.75) is 26.6 Å². The lowest BCUT2D eigenvalue weighted by molar-refractivity contribution is -0.137. The maximum absolute atomic E-state index is 13.6. The normalized spacial score (nSPS) is 11.6. The van der Waals surface area contributed by atoms with Gasteiger partial charge in [0.05, 0.1) is 28.4 Å². The van der Waals surface area contributed by atoms with Gasteiger partial charge in [0, 0.05) is 18.0 Å². The average Bonchev–Trinajstić information content (AvgIpc) is 3.31. The summed E-state index contributed by atoms with van der Waals surface area (Å²) in [5.41, 5.74) is -0.0703. The fourth-order valence-electron chi connectivity index (χ4n) is 3.45. The van der Waals surface area contributed by atoms with Gasteiger partial charge in [-0.05, 0) is 48.9 Å². The summed E-state index contributed by atoms with van der Waals surface area (Å²) in [5.74, 6) is -1.57. The van der Waals surface area contributed by atoms with Crippen LogP contribution in [0.25, 0.3) is 10.2 Å². The number of aryl methyl sites for hydroxylation is 1. The number of amides is 2. The van der Waals surface area contributed by atoms with Gasteiger partial charge in [0.25, 0.3) is 5.91 Å². The molecule has 6 nitrogen and oxygen atoms in total. The number of thiophene rings is 1. The molecule has 0 fully saturated rings. The molecule has 4 rings (SSSR count). The van der Waals surface area contributed by atoms with E-state index in [-0.39, 0.29) is 16.4 Å². The molecule has 176 valence electrons. The van der Waals surface area contributed by atoms with Crippen molar-refractivity contribution in [3.8, 4) is 0 Å². The topological polar surface area (TPSA) is 76.0 Å². The molecule has 2 heterocycles. The number of nitrogens with one attached hydrogen (secondary N) is 2. The van der Waals surface area contributed by atoms with Gasteiger partial charge in [0.2, 0.25) is 5.91 Å². The highest BCUT2D eigenvalue weighted by molar-refractivity contribution is 7.20. The number of rotatable bonds is 5. The van der Waals surface area contributed by atoms with E-state index in [9.17, 15) is 27.2 Å². The summed E-state index contributed by atoms with van der Waals surface area (Å²) < 4.78 is 55.6. The van der Waals surface area contributed by atoms with E-state index in [1.807, 2.05) is 0 Å². The van der Waals surface area contributed by atoms with Crippen LogP contribution in [0.5, 0.6) is 0 Å². The van der Waals surface area contributed by atoms with Crippen molar-refractivity contribution in [2.24, 2.45) is 0 Å². The molecule has 0 saturated heterocycles. The van der Waals surface area contributed by atoms with Gasteiger partial charge in [-0.25, -0.2) is 4.39 Å². The number of carbonyl (C=O) groups is 2. The van der Waals surface area contributed by atoms with Gasteiger partial charge in [0.1, 0.15) is 10.6 Å². The number of fused-ring (bicyclic) bond motifs is 1. The molecular formula is C23H18F4N4O2S. The first kappa shape index (κ1) is 23.4. The van der Waals surface area contributed by atoms with Gasteiger partial charge in [-0.3, -0.25) is 14.3 Å². The molecule has 2 amide bonds.